The lowest BCUT2D eigenvalue weighted by atomic mass is 10.4. The van der Waals surface area contributed by atoms with Crippen LogP contribution in [0.2, 0.25) is 0 Å². The van der Waals surface area contributed by atoms with Crippen LogP contribution in [0.1, 0.15) is 0 Å². The molecule has 10 heteroatoms. The summed E-state index contributed by atoms with van der Waals surface area (Å²) in [5, 5.41) is 34.5. The minimum atomic E-state index is -1.23. The molecule has 0 unspecified atom stereocenters. The van der Waals surface area contributed by atoms with Crippen LogP contribution in [0.25, 0.3) is 0 Å². The lowest BCUT2D eigenvalue weighted by Gasteiger charge is -2.23. The van der Waals surface area contributed by atoms with E-state index in [1.54, 1.807) is 0 Å². The van der Waals surface area contributed by atoms with Crippen molar-refractivity contribution in [3.8, 4) is 0 Å². The van der Waals surface area contributed by atoms with Gasteiger partial charge in [0.25, 0.3) is 0 Å². The van der Waals surface area contributed by atoms with Gasteiger partial charge in [0, 0.05) is 13.1 Å². The summed E-state index contributed by atoms with van der Waals surface area (Å²) in [5.41, 5.74) is 0. The number of hydrogen-bond acceptors (Lipinski definition) is 6. The third kappa shape index (κ3) is 14.0. The van der Waals surface area contributed by atoms with Crippen LogP contribution < -0.4 is 0 Å². The minimum Gasteiger partial charge on any atom is -0.480 e. The minimum absolute atomic E-state index is 0.0703. The van der Waals surface area contributed by atoms with Gasteiger partial charge in [0.2, 0.25) is 0 Å². The molecule has 0 saturated heterocycles. The van der Waals surface area contributed by atoms with Crippen molar-refractivity contribution < 1.29 is 39.6 Å². The number of carboxylic acids is 4. The second kappa shape index (κ2) is 12.3. The zero-order chi connectivity index (χ0) is 17.7. The van der Waals surface area contributed by atoms with Gasteiger partial charge in [0.05, 0.1) is 26.2 Å². The smallest absolute Gasteiger partial charge is 0.317 e. The summed E-state index contributed by atoms with van der Waals surface area (Å²) in [7, 11) is 0. The van der Waals surface area contributed by atoms with Gasteiger partial charge in [-0.3, -0.25) is 29.0 Å². The van der Waals surface area contributed by atoms with Gasteiger partial charge in [-0.1, -0.05) is 0 Å². The molecule has 0 aliphatic rings. The maximum Gasteiger partial charge on any atom is 0.317 e. The Labute approximate surface area is 126 Å². The van der Waals surface area contributed by atoms with Crippen molar-refractivity contribution in [2.75, 3.05) is 39.3 Å². The van der Waals surface area contributed by atoms with Gasteiger partial charge >= 0.3 is 23.9 Å². The quantitative estimate of drug-likeness (QED) is 0.338. The van der Waals surface area contributed by atoms with Crippen LogP contribution in [0, 0.1) is 0 Å². The molecular weight excluding hydrogens is 300 g/mol. The zero-order valence-corrected chi connectivity index (χ0v) is 12.0. The summed E-state index contributed by atoms with van der Waals surface area (Å²) in [4.78, 5) is 44.4. The Kier molecular flexibility index (Phi) is 12.2. The van der Waals surface area contributed by atoms with Crippen LogP contribution in [0.15, 0.2) is 13.2 Å². The fraction of sp³-hybridized carbons (Fsp3) is 0.500. The number of carbonyl (C=O) groups is 4. The van der Waals surface area contributed by atoms with Gasteiger partial charge in [0.1, 0.15) is 0 Å². The van der Waals surface area contributed by atoms with Crippen molar-refractivity contribution in [3.63, 3.8) is 0 Å². The summed E-state index contributed by atoms with van der Waals surface area (Å²) in [6, 6.07) is 0. The average molecular weight is 320 g/mol. The van der Waals surface area contributed by atoms with E-state index in [2.05, 4.69) is 13.2 Å². The summed E-state index contributed by atoms with van der Waals surface area (Å²) < 4.78 is 0. The molecule has 0 rings (SSSR count). The Balaban J connectivity index is 0. The Morgan fingerprint density at radius 3 is 0.909 bits per heavy atom. The SMILES string of the molecule is C=C.O=C(O)CN(CCN(CC(=O)O)CC(=O)O)CC(=O)O. The molecule has 10 nitrogen and oxygen atoms in total. The Morgan fingerprint density at radius 1 is 0.591 bits per heavy atom. The highest BCUT2D eigenvalue weighted by Gasteiger charge is 2.17. The first-order chi connectivity index (χ1) is 10.2. The van der Waals surface area contributed by atoms with Gasteiger partial charge in [-0.05, 0) is 0 Å². The van der Waals surface area contributed by atoms with E-state index < -0.39 is 50.1 Å². The Hall–Kier alpha value is -2.46. The third-order valence-electron chi connectivity index (χ3n) is 2.17. The van der Waals surface area contributed by atoms with E-state index >= 15 is 0 Å². The van der Waals surface area contributed by atoms with Gasteiger partial charge in [0.15, 0.2) is 0 Å². The van der Waals surface area contributed by atoms with E-state index in [-0.39, 0.29) is 13.1 Å². The van der Waals surface area contributed by atoms with Crippen molar-refractivity contribution >= 4 is 23.9 Å². The van der Waals surface area contributed by atoms with Crippen LogP contribution >= 0.6 is 0 Å². The monoisotopic (exact) mass is 320 g/mol. The van der Waals surface area contributed by atoms with Gasteiger partial charge in [-0.15, -0.1) is 13.2 Å². The maximum atomic E-state index is 10.6. The number of rotatable bonds is 11. The summed E-state index contributed by atoms with van der Waals surface area (Å²) in [5.74, 6) is -4.91. The molecule has 0 aliphatic heterocycles. The largest absolute Gasteiger partial charge is 0.480 e. The van der Waals surface area contributed by atoms with Crippen LogP contribution in [0.4, 0.5) is 0 Å². The first-order valence-corrected chi connectivity index (χ1v) is 6.02. The van der Waals surface area contributed by atoms with Crippen LogP contribution in [-0.2, 0) is 19.2 Å². The van der Waals surface area contributed by atoms with Crippen molar-refractivity contribution in [1.29, 1.82) is 0 Å². The van der Waals surface area contributed by atoms with Gasteiger partial charge in [-0.25, -0.2) is 0 Å². The predicted octanol–water partition coefficient (Wildman–Crippen LogP) is -1.27. The number of nitrogens with zero attached hydrogens (tertiary/aromatic N) is 2. The van der Waals surface area contributed by atoms with Crippen molar-refractivity contribution in [3.05, 3.63) is 13.2 Å². The molecule has 0 aromatic heterocycles. The van der Waals surface area contributed by atoms with E-state index in [4.69, 9.17) is 20.4 Å². The molecule has 126 valence electrons. The molecule has 0 spiro atoms. The number of aliphatic carboxylic acids is 4. The summed E-state index contributed by atoms with van der Waals surface area (Å²) >= 11 is 0. The molecule has 0 aromatic carbocycles. The first kappa shape index (κ1) is 21.8. The molecule has 0 radical (unpaired) electrons. The molecule has 22 heavy (non-hydrogen) atoms. The van der Waals surface area contributed by atoms with E-state index in [1.807, 2.05) is 0 Å². The second-order valence-corrected chi connectivity index (χ2v) is 4.00. The summed E-state index contributed by atoms with van der Waals surface area (Å²) in [6.07, 6.45) is 0. The lowest BCUT2D eigenvalue weighted by molar-refractivity contribution is -0.145. The van der Waals surface area contributed by atoms with Crippen LogP contribution in [0.3, 0.4) is 0 Å². The second-order valence-electron chi connectivity index (χ2n) is 4.00. The molecule has 0 amide bonds. The van der Waals surface area contributed by atoms with Crippen LogP contribution in [0.5, 0.6) is 0 Å². The molecule has 0 saturated carbocycles. The highest BCUT2D eigenvalue weighted by Crippen LogP contribution is 1.94. The molecule has 4 N–H and O–H groups in total. The van der Waals surface area contributed by atoms with E-state index in [9.17, 15) is 19.2 Å². The highest BCUT2D eigenvalue weighted by molar-refractivity contribution is 5.73. The predicted molar refractivity (Wildman–Crippen MR) is 74.7 cm³/mol. The van der Waals surface area contributed by atoms with E-state index in [0.29, 0.717) is 0 Å². The van der Waals surface area contributed by atoms with Crippen molar-refractivity contribution in [2.45, 2.75) is 0 Å². The van der Waals surface area contributed by atoms with Crippen molar-refractivity contribution in [2.24, 2.45) is 0 Å². The average Bonchev–Trinajstić information content (AvgIpc) is 2.35. The van der Waals surface area contributed by atoms with Gasteiger partial charge < -0.3 is 20.4 Å². The number of carboxylic acid groups (broad SMARTS) is 4. The Bertz CT molecular complexity index is 331. The van der Waals surface area contributed by atoms with E-state index in [0.717, 1.165) is 9.80 Å². The molecule has 0 fully saturated rings. The topological polar surface area (TPSA) is 156 Å². The number of hydrogen-bond donors (Lipinski definition) is 4. The lowest BCUT2D eigenvalue weighted by Crippen LogP contribution is -2.43. The third-order valence-corrected chi connectivity index (χ3v) is 2.17. The van der Waals surface area contributed by atoms with Crippen LogP contribution in [-0.4, -0.2) is 93.4 Å². The molecule has 0 atom stereocenters. The molecule has 0 bridgehead atoms. The molecule has 0 aliphatic carbocycles. The fourth-order valence-electron chi connectivity index (χ4n) is 1.48. The fourth-order valence-corrected chi connectivity index (χ4v) is 1.48. The zero-order valence-electron chi connectivity index (χ0n) is 12.0. The molecule has 0 heterocycles. The maximum absolute atomic E-state index is 10.6. The Morgan fingerprint density at radius 2 is 0.773 bits per heavy atom. The standard InChI is InChI=1S/C10H16N2O8.C2H4/c13-7(14)3-11(4-8(15)16)1-2-12(5-9(17)18)6-10(19)20;1-2/h1-6H2,(H,13,14)(H,15,16)(H,17,18)(H,19,20);1-2H2. The first-order valence-electron chi connectivity index (χ1n) is 6.02. The normalized spacial score (nSPS) is 9.91. The summed E-state index contributed by atoms with van der Waals surface area (Å²) in [6.45, 7) is 3.75. The van der Waals surface area contributed by atoms with Gasteiger partial charge in [-0.2, -0.15) is 0 Å². The molecule has 0 aromatic rings. The highest BCUT2D eigenvalue weighted by atomic mass is 16.4. The van der Waals surface area contributed by atoms with Crippen molar-refractivity contribution in [1.82, 2.24) is 9.80 Å². The molecular formula is C12H20N2O8. The van der Waals surface area contributed by atoms with E-state index in [1.165, 1.54) is 0 Å².